The van der Waals surface area contributed by atoms with Gasteiger partial charge in [-0.3, -0.25) is 4.79 Å². The van der Waals surface area contributed by atoms with E-state index in [9.17, 15) is 13.6 Å². The molecule has 0 fully saturated rings. The number of halogens is 4. The fourth-order valence-corrected chi connectivity index (χ4v) is 3.61. The smallest absolute Gasteiger partial charge is 0.230 e. The topological polar surface area (TPSA) is 85.8 Å². The Morgan fingerprint density at radius 2 is 2.00 bits per heavy atom. The molecule has 6 nitrogen and oxygen atoms in total. The van der Waals surface area contributed by atoms with Gasteiger partial charge in [0.05, 0.1) is 16.8 Å². The summed E-state index contributed by atoms with van der Waals surface area (Å²) in [5.41, 5.74) is 0.690. The number of nitrogens with two attached hydrogens (primary N) is 1. The van der Waals surface area contributed by atoms with Crippen LogP contribution in [0.5, 0.6) is 0 Å². The summed E-state index contributed by atoms with van der Waals surface area (Å²) in [4.78, 5) is 12.2. The first-order valence-corrected chi connectivity index (χ1v) is 10.0. The first kappa shape index (κ1) is 21.4. The quantitative estimate of drug-likeness (QED) is 0.427. The molecule has 0 aliphatic heterocycles. The molecule has 1 atom stereocenters. The maximum absolute atomic E-state index is 13.8. The number of benzene rings is 2. The fraction of sp³-hybridized carbons (Fsp3) is 0.167. The predicted octanol–water partition coefficient (Wildman–Crippen LogP) is 4.21. The number of hydrogen-bond donors (Lipinski definition) is 2. The van der Waals surface area contributed by atoms with E-state index >= 15 is 0 Å². The molecule has 1 amide bonds. The molecule has 3 aromatic rings. The number of nitrogens with zero attached hydrogens (tertiary/aromatic N) is 3. The predicted molar refractivity (Wildman–Crippen MR) is 109 cm³/mol. The van der Waals surface area contributed by atoms with E-state index in [1.807, 2.05) is 0 Å². The van der Waals surface area contributed by atoms with Gasteiger partial charge in [0.2, 0.25) is 11.1 Å². The maximum atomic E-state index is 13.8. The lowest BCUT2D eigenvalue weighted by Crippen LogP contribution is -2.29. The lowest BCUT2D eigenvalue weighted by atomic mass is 10.1. The molecule has 1 aromatic heterocycles. The summed E-state index contributed by atoms with van der Waals surface area (Å²) in [5, 5.41) is 11.8. The minimum Gasteiger partial charge on any atom is -0.349 e. The Morgan fingerprint density at radius 3 is 2.72 bits per heavy atom. The molecule has 0 aliphatic rings. The Balaban J connectivity index is 1.65. The average Bonchev–Trinajstić information content (AvgIpc) is 3.02. The molecule has 1 heterocycles. The van der Waals surface area contributed by atoms with Crippen molar-refractivity contribution in [3.63, 3.8) is 0 Å². The van der Waals surface area contributed by atoms with E-state index in [-0.39, 0.29) is 22.4 Å². The monoisotopic (exact) mass is 457 g/mol. The van der Waals surface area contributed by atoms with Crippen molar-refractivity contribution in [3.05, 3.63) is 63.6 Å². The van der Waals surface area contributed by atoms with Gasteiger partial charge in [0.1, 0.15) is 11.6 Å². The third-order valence-electron chi connectivity index (χ3n) is 3.97. The van der Waals surface area contributed by atoms with Crippen LogP contribution in [-0.4, -0.2) is 26.5 Å². The van der Waals surface area contributed by atoms with Gasteiger partial charge in [-0.1, -0.05) is 41.0 Å². The van der Waals surface area contributed by atoms with Gasteiger partial charge in [0.25, 0.3) is 0 Å². The van der Waals surface area contributed by atoms with Gasteiger partial charge in [-0.15, -0.1) is 10.2 Å². The number of nitrogens with one attached hydrogen (secondary N) is 1. The number of amides is 1. The molecule has 0 saturated heterocycles. The normalized spacial score (nSPS) is 12.0. The molecule has 0 aliphatic carbocycles. The zero-order valence-corrected chi connectivity index (χ0v) is 17.3. The van der Waals surface area contributed by atoms with Crippen LogP contribution in [0.4, 0.5) is 8.78 Å². The third kappa shape index (κ3) is 4.98. The van der Waals surface area contributed by atoms with Crippen LogP contribution in [0.25, 0.3) is 11.4 Å². The minimum atomic E-state index is -0.727. The van der Waals surface area contributed by atoms with Gasteiger partial charge >= 0.3 is 0 Å². The zero-order chi connectivity index (χ0) is 21.1. The van der Waals surface area contributed by atoms with Crippen LogP contribution in [0.1, 0.15) is 18.5 Å². The lowest BCUT2D eigenvalue weighted by molar-refractivity contribution is -0.119. The third-order valence-corrected chi connectivity index (χ3v) is 5.48. The molecule has 0 saturated carbocycles. The van der Waals surface area contributed by atoms with E-state index in [0.717, 1.165) is 23.9 Å². The number of nitrogen functional groups attached to an aromatic ring is 1. The Morgan fingerprint density at radius 1 is 1.24 bits per heavy atom. The van der Waals surface area contributed by atoms with Gasteiger partial charge < -0.3 is 11.2 Å². The molecule has 29 heavy (non-hydrogen) atoms. The summed E-state index contributed by atoms with van der Waals surface area (Å²) in [6, 6.07) is 7.42. The van der Waals surface area contributed by atoms with Crippen molar-refractivity contribution < 1.29 is 13.6 Å². The second kappa shape index (κ2) is 8.98. The molecule has 152 valence electrons. The highest BCUT2D eigenvalue weighted by Crippen LogP contribution is 2.30. The summed E-state index contributed by atoms with van der Waals surface area (Å²) in [7, 11) is 0. The minimum absolute atomic E-state index is 0.0359. The molecular weight excluding hydrogens is 443 g/mol. The molecule has 0 spiro atoms. The van der Waals surface area contributed by atoms with Gasteiger partial charge in [-0.2, -0.15) is 0 Å². The number of hydrogen-bond acceptors (Lipinski definition) is 5. The van der Waals surface area contributed by atoms with Gasteiger partial charge in [-0.25, -0.2) is 13.5 Å². The molecule has 1 unspecified atom stereocenters. The van der Waals surface area contributed by atoms with E-state index < -0.39 is 17.7 Å². The second-order valence-corrected chi connectivity index (χ2v) is 7.83. The van der Waals surface area contributed by atoms with E-state index in [1.165, 1.54) is 10.7 Å². The number of carbonyl (C=O) groups excluding carboxylic acids is 1. The highest BCUT2D eigenvalue weighted by molar-refractivity contribution is 7.99. The van der Waals surface area contributed by atoms with Crippen molar-refractivity contribution in [2.24, 2.45) is 0 Å². The van der Waals surface area contributed by atoms with E-state index in [2.05, 4.69) is 15.5 Å². The van der Waals surface area contributed by atoms with Crippen molar-refractivity contribution in [2.75, 3.05) is 11.6 Å². The second-order valence-electron chi connectivity index (χ2n) is 6.04. The number of rotatable bonds is 6. The van der Waals surface area contributed by atoms with Crippen molar-refractivity contribution >= 4 is 40.9 Å². The number of aromatic nitrogens is 3. The van der Waals surface area contributed by atoms with Crippen LogP contribution in [0.2, 0.25) is 10.0 Å². The lowest BCUT2D eigenvalue weighted by Gasteiger charge is -2.15. The van der Waals surface area contributed by atoms with Crippen LogP contribution in [0, 0.1) is 11.6 Å². The molecule has 0 bridgehead atoms. The zero-order valence-electron chi connectivity index (χ0n) is 15.0. The number of thioether (sulfide) groups is 1. The Kier molecular flexibility index (Phi) is 6.61. The van der Waals surface area contributed by atoms with Crippen LogP contribution in [0.3, 0.4) is 0 Å². The summed E-state index contributed by atoms with van der Waals surface area (Å²) < 4.78 is 28.1. The maximum Gasteiger partial charge on any atom is 0.230 e. The van der Waals surface area contributed by atoms with Gasteiger partial charge in [0.15, 0.2) is 5.82 Å². The highest BCUT2D eigenvalue weighted by atomic mass is 35.5. The summed E-state index contributed by atoms with van der Waals surface area (Å²) in [6.45, 7) is 1.60. The van der Waals surface area contributed by atoms with Crippen LogP contribution < -0.4 is 11.2 Å². The van der Waals surface area contributed by atoms with Crippen molar-refractivity contribution in [3.8, 4) is 11.4 Å². The standard InChI is InChI=1S/C18H15Cl2F2N5OS/c1-9(12-4-3-11(21)7-15(12)22)24-16(28)8-29-18-26-25-17(27(18)23)13-6-10(19)2-5-14(13)20/h2-7,9H,8,23H2,1H3,(H,24,28). The Bertz CT molecular complexity index is 1060. The van der Waals surface area contributed by atoms with Crippen molar-refractivity contribution in [2.45, 2.75) is 18.1 Å². The Labute approximate surface area is 179 Å². The largest absolute Gasteiger partial charge is 0.349 e. The molecule has 2 aromatic carbocycles. The van der Waals surface area contributed by atoms with E-state index in [1.54, 1.807) is 25.1 Å². The fourth-order valence-electron chi connectivity index (χ4n) is 2.57. The first-order chi connectivity index (χ1) is 13.8. The van der Waals surface area contributed by atoms with Crippen LogP contribution in [-0.2, 0) is 4.79 Å². The molecule has 0 radical (unpaired) electrons. The molecule has 11 heteroatoms. The van der Waals surface area contributed by atoms with Crippen molar-refractivity contribution in [1.29, 1.82) is 0 Å². The summed E-state index contributed by atoms with van der Waals surface area (Å²) >= 11 is 13.2. The molecule has 3 rings (SSSR count). The van der Waals surface area contributed by atoms with Gasteiger partial charge in [-0.05, 0) is 31.2 Å². The molecule has 3 N–H and O–H groups in total. The number of carbonyl (C=O) groups is 1. The highest BCUT2D eigenvalue weighted by Gasteiger charge is 2.18. The Hall–Kier alpha value is -2.36. The average molecular weight is 458 g/mol. The van der Waals surface area contributed by atoms with E-state index in [0.29, 0.717) is 21.4 Å². The van der Waals surface area contributed by atoms with Crippen LogP contribution >= 0.6 is 35.0 Å². The van der Waals surface area contributed by atoms with Crippen molar-refractivity contribution in [1.82, 2.24) is 20.2 Å². The molecular formula is C18H15Cl2F2N5OS. The SMILES string of the molecule is CC(NC(=O)CSc1nnc(-c2cc(Cl)ccc2Cl)n1N)c1ccc(F)cc1F. The summed E-state index contributed by atoms with van der Waals surface area (Å²) in [5.74, 6) is 4.49. The summed E-state index contributed by atoms with van der Waals surface area (Å²) in [6.07, 6.45) is 0. The van der Waals surface area contributed by atoms with Gasteiger partial charge in [0, 0.05) is 22.2 Å². The van der Waals surface area contributed by atoms with Crippen LogP contribution in [0.15, 0.2) is 41.6 Å². The first-order valence-electron chi connectivity index (χ1n) is 8.29. The van der Waals surface area contributed by atoms with E-state index in [4.69, 9.17) is 29.0 Å².